The van der Waals surface area contributed by atoms with Gasteiger partial charge < -0.3 is 28.8 Å². The second-order valence-corrected chi connectivity index (χ2v) is 26.7. The van der Waals surface area contributed by atoms with Gasteiger partial charge in [0.2, 0.25) is 5.91 Å². The third-order valence-electron chi connectivity index (χ3n) is 16.1. The molecule has 0 spiro atoms. The molecule has 0 aliphatic heterocycles. The monoisotopic (exact) mass is 1130 g/mol. The van der Waals surface area contributed by atoms with Crippen LogP contribution in [0.5, 0.6) is 0 Å². The minimum absolute atomic E-state index is 0.0149. The van der Waals surface area contributed by atoms with Crippen molar-refractivity contribution in [3.8, 4) is 0 Å². The van der Waals surface area contributed by atoms with Crippen LogP contribution in [0.2, 0.25) is 0 Å². The number of carbonyl (C=O) groups is 1. The van der Waals surface area contributed by atoms with Crippen LogP contribution in [0.4, 0.5) is 0 Å². The number of nitrogens with one attached hydrogen (secondary N) is 1. The lowest BCUT2D eigenvalue weighted by atomic mass is 10.0. The van der Waals surface area contributed by atoms with Gasteiger partial charge in [-0.2, -0.15) is 0 Å². The highest BCUT2D eigenvalue weighted by molar-refractivity contribution is 7.45. The molecule has 3 atom stereocenters. The molecule has 0 saturated carbocycles. The zero-order valence-corrected chi connectivity index (χ0v) is 54.5. The zero-order chi connectivity index (χ0) is 57.7. The van der Waals surface area contributed by atoms with E-state index in [4.69, 9.17) is 9.05 Å². The molecule has 0 fully saturated rings. The highest BCUT2D eigenvalue weighted by Crippen LogP contribution is 2.38. The van der Waals surface area contributed by atoms with Gasteiger partial charge in [0.15, 0.2) is 0 Å². The summed E-state index contributed by atoms with van der Waals surface area (Å²) >= 11 is 0. The summed E-state index contributed by atoms with van der Waals surface area (Å²) in [5, 5.41) is 14.1. The van der Waals surface area contributed by atoms with Crippen LogP contribution in [-0.4, -0.2) is 68.5 Å². The van der Waals surface area contributed by atoms with E-state index in [2.05, 4.69) is 55.6 Å². The SMILES string of the molecule is CCCCCCC/C=C\C/C=C\C/C=C\CCCCCCCCCCCCCCCCCCCCCCCCCCCCC(=O)NC(COP(=O)([O-])OCC[N+](C)(C)C)C(O)CCCCCCCCCCCCCCCCCC. The van der Waals surface area contributed by atoms with E-state index in [1.807, 2.05) is 21.1 Å². The fourth-order valence-corrected chi connectivity index (χ4v) is 11.4. The van der Waals surface area contributed by atoms with Crippen LogP contribution in [-0.2, 0) is 18.4 Å². The number of aliphatic hydroxyl groups is 1. The molecule has 3 unspecified atom stereocenters. The van der Waals surface area contributed by atoms with Crippen molar-refractivity contribution in [3.05, 3.63) is 36.5 Å². The molecular formula is C70H137N2O6P. The standard InChI is InChI=1S/C70H137N2O6P/c1-6-8-10-12-14-16-18-20-22-24-25-26-27-28-29-30-31-32-33-34-35-36-37-38-39-40-41-42-43-44-45-46-47-48-50-52-54-56-58-60-62-64-70(74)71-68(67-78-79(75,76)77-66-65-72(3,4)5)69(73)63-61-59-57-55-53-51-49-23-21-19-17-15-13-11-9-7-2/h18,20,24-25,27-28,68-69,73H,6-17,19,21-23,26,29-67H2,1-5H3,(H-,71,74,75,76)/b20-18-,25-24-,28-27-. The van der Waals surface area contributed by atoms with Crippen LogP contribution in [0.25, 0.3) is 0 Å². The maximum absolute atomic E-state index is 13.0. The number of quaternary nitrogens is 1. The molecule has 0 aromatic rings. The number of allylic oxidation sites excluding steroid dienone is 6. The van der Waals surface area contributed by atoms with Gasteiger partial charge >= 0.3 is 0 Å². The maximum atomic E-state index is 13.0. The Kier molecular flexibility index (Phi) is 60.3. The number of aliphatic hydroxyl groups excluding tert-OH is 1. The second kappa shape index (κ2) is 61.3. The fraction of sp³-hybridized carbons (Fsp3) is 0.900. The van der Waals surface area contributed by atoms with E-state index < -0.39 is 20.0 Å². The summed E-state index contributed by atoms with van der Waals surface area (Å²) in [5.74, 6) is -0.157. The van der Waals surface area contributed by atoms with Gasteiger partial charge in [-0.1, -0.05) is 333 Å². The predicted molar refractivity (Wildman–Crippen MR) is 344 cm³/mol. The number of hydrogen-bond donors (Lipinski definition) is 2. The summed E-state index contributed by atoms with van der Waals surface area (Å²) in [7, 11) is 1.32. The van der Waals surface area contributed by atoms with Crippen LogP contribution in [0, 0.1) is 0 Å². The number of carbonyl (C=O) groups excluding carboxylic acids is 1. The molecule has 0 aliphatic rings. The average Bonchev–Trinajstić information content (AvgIpc) is 3.42. The van der Waals surface area contributed by atoms with Gasteiger partial charge in [0.05, 0.1) is 39.9 Å². The van der Waals surface area contributed by atoms with Crippen LogP contribution in [0.1, 0.15) is 354 Å². The summed E-state index contributed by atoms with van der Waals surface area (Å²) < 4.78 is 23.5. The number of nitrogens with zero attached hydrogens (tertiary/aromatic N) is 1. The highest BCUT2D eigenvalue weighted by Gasteiger charge is 2.24. The van der Waals surface area contributed by atoms with E-state index in [9.17, 15) is 19.4 Å². The highest BCUT2D eigenvalue weighted by atomic mass is 31.2. The van der Waals surface area contributed by atoms with Crippen molar-refractivity contribution in [2.45, 2.75) is 366 Å². The number of amides is 1. The molecule has 0 aromatic heterocycles. The lowest BCUT2D eigenvalue weighted by molar-refractivity contribution is -0.870. The molecule has 1 amide bonds. The number of unbranched alkanes of at least 4 members (excludes halogenated alkanes) is 46. The minimum Gasteiger partial charge on any atom is -0.756 e. The number of hydrogen-bond acceptors (Lipinski definition) is 6. The molecule has 0 aliphatic carbocycles. The number of phosphoric ester groups is 1. The molecule has 0 saturated heterocycles. The average molecular weight is 1130 g/mol. The number of rotatable bonds is 65. The van der Waals surface area contributed by atoms with Gasteiger partial charge in [0.25, 0.3) is 7.82 Å². The normalized spacial score (nSPS) is 13.9. The van der Waals surface area contributed by atoms with Crippen LogP contribution < -0.4 is 10.2 Å². The second-order valence-electron chi connectivity index (χ2n) is 25.2. The van der Waals surface area contributed by atoms with E-state index in [-0.39, 0.29) is 19.1 Å². The largest absolute Gasteiger partial charge is 0.756 e. The molecule has 0 heterocycles. The van der Waals surface area contributed by atoms with E-state index in [0.29, 0.717) is 23.9 Å². The van der Waals surface area contributed by atoms with Crippen molar-refractivity contribution < 1.29 is 32.9 Å². The first-order valence-electron chi connectivity index (χ1n) is 34.8. The van der Waals surface area contributed by atoms with Crippen molar-refractivity contribution in [1.29, 1.82) is 0 Å². The topological polar surface area (TPSA) is 108 Å². The Labute approximate surface area is 493 Å². The van der Waals surface area contributed by atoms with Crippen molar-refractivity contribution in [1.82, 2.24) is 5.32 Å². The Morgan fingerprint density at radius 2 is 0.734 bits per heavy atom. The van der Waals surface area contributed by atoms with Crippen LogP contribution >= 0.6 is 7.82 Å². The molecule has 9 heteroatoms. The van der Waals surface area contributed by atoms with Crippen molar-refractivity contribution in [2.75, 3.05) is 40.9 Å². The Balaban J connectivity index is 3.85. The molecule has 0 radical (unpaired) electrons. The van der Waals surface area contributed by atoms with Gasteiger partial charge in [0.1, 0.15) is 13.2 Å². The smallest absolute Gasteiger partial charge is 0.268 e. The summed E-state index contributed by atoms with van der Waals surface area (Å²) in [5.41, 5.74) is 0. The number of likely N-dealkylation sites (N-methyl/N-ethyl adjacent to an activating group) is 1. The molecule has 0 bridgehead atoms. The van der Waals surface area contributed by atoms with Crippen LogP contribution in [0.15, 0.2) is 36.5 Å². The van der Waals surface area contributed by atoms with Gasteiger partial charge in [-0.3, -0.25) is 9.36 Å². The summed E-state index contributed by atoms with van der Waals surface area (Å²) in [4.78, 5) is 25.6. The number of phosphoric acid groups is 1. The van der Waals surface area contributed by atoms with E-state index in [0.717, 1.165) is 51.4 Å². The Morgan fingerprint density at radius 3 is 1.06 bits per heavy atom. The van der Waals surface area contributed by atoms with Gasteiger partial charge in [-0.05, 0) is 51.4 Å². The molecular weight excluding hydrogens is 996 g/mol. The van der Waals surface area contributed by atoms with Gasteiger partial charge in [0, 0.05) is 6.42 Å². The zero-order valence-electron chi connectivity index (χ0n) is 53.6. The quantitative estimate of drug-likeness (QED) is 0.0272. The molecule has 0 aromatic carbocycles. The van der Waals surface area contributed by atoms with Crippen molar-refractivity contribution >= 4 is 13.7 Å². The fourth-order valence-electron chi connectivity index (χ4n) is 10.7. The predicted octanol–water partition coefficient (Wildman–Crippen LogP) is 21.4. The summed E-state index contributed by atoms with van der Waals surface area (Å²) in [6.45, 7) is 4.75. The Hall–Kier alpha value is -1.28. The van der Waals surface area contributed by atoms with Gasteiger partial charge in [-0.15, -0.1) is 0 Å². The maximum Gasteiger partial charge on any atom is 0.268 e. The van der Waals surface area contributed by atoms with Crippen LogP contribution in [0.3, 0.4) is 0 Å². The minimum atomic E-state index is -4.57. The molecule has 79 heavy (non-hydrogen) atoms. The molecule has 468 valence electrons. The van der Waals surface area contributed by atoms with E-state index in [1.54, 1.807) is 0 Å². The summed E-state index contributed by atoms with van der Waals surface area (Å²) in [6.07, 6.45) is 80.9. The summed E-state index contributed by atoms with van der Waals surface area (Å²) in [6, 6.07) is -0.798. The Bertz CT molecular complexity index is 1380. The van der Waals surface area contributed by atoms with E-state index >= 15 is 0 Å². The lowest BCUT2D eigenvalue weighted by Gasteiger charge is -2.30. The molecule has 2 N–H and O–H groups in total. The van der Waals surface area contributed by atoms with Crippen molar-refractivity contribution in [2.24, 2.45) is 0 Å². The third kappa shape index (κ3) is 64.1. The Morgan fingerprint density at radius 1 is 0.443 bits per heavy atom. The van der Waals surface area contributed by atoms with E-state index in [1.165, 1.54) is 276 Å². The first kappa shape index (κ1) is 77.7. The molecule has 8 nitrogen and oxygen atoms in total. The van der Waals surface area contributed by atoms with Gasteiger partial charge in [-0.25, -0.2) is 0 Å². The first-order chi connectivity index (χ1) is 38.5. The van der Waals surface area contributed by atoms with Crippen molar-refractivity contribution in [3.63, 3.8) is 0 Å². The third-order valence-corrected chi connectivity index (χ3v) is 17.1. The lowest BCUT2D eigenvalue weighted by Crippen LogP contribution is -2.46. The first-order valence-corrected chi connectivity index (χ1v) is 36.3. The molecule has 0 rings (SSSR count).